The van der Waals surface area contributed by atoms with Crippen molar-refractivity contribution >= 4 is 24.7 Å². The molecule has 0 bridgehead atoms. The first kappa shape index (κ1) is 20.1. The van der Waals surface area contributed by atoms with E-state index >= 15 is 0 Å². The second-order valence-electron chi connectivity index (χ2n) is 7.95. The van der Waals surface area contributed by atoms with E-state index in [2.05, 4.69) is 69.3 Å². The van der Waals surface area contributed by atoms with E-state index in [1.807, 2.05) is 24.3 Å². The number of hydrogen-bond donors (Lipinski definition) is 1. The molecule has 1 N–H and O–H groups in total. The third-order valence-electron chi connectivity index (χ3n) is 5.07. The SMILES string of the molecule is CC(C)(C)[Si](OCc1ccc(C(=O)O)cc1)(c1ccccc1)c1ccccc1. The average molecular weight is 391 g/mol. The minimum Gasteiger partial charge on any atom is -0.478 e. The van der Waals surface area contributed by atoms with E-state index in [9.17, 15) is 4.79 Å². The van der Waals surface area contributed by atoms with Crippen LogP contribution >= 0.6 is 0 Å². The lowest BCUT2D eigenvalue weighted by atomic mass is 10.1. The van der Waals surface area contributed by atoms with Gasteiger partial charge < -0.3 is 9.53 Å². The summed E-state index contributed by atoms with van der Waals surface area (Å²) in [6, 6.07) is 27.9. The summed E-state index contributed by atoms with van der Waals surface area (Å²) in [5.41, 5.74) is 1.26. The van der Waals surface area contributed by atoms with Gasteiger partial charge in [-0.3, -0.25) is 0 Å². The molecule has 3 aromatic carbocycles. The Labute approximate surface area is 167 Å². The second kappa shape index (κ2) is 8.13. The molecule has 0 atom stereocenters. The first-order valence-electron chi connectivity index (χ1n) is 9.42. The van der Waals surface area contributed by atoms with Crippen LogP contribution in [0.5, 0.6) is 0 Å². The predicted molar refractivity (Wildman–Crippen MR) is 116 cm³/mol. The van der Waals surface area contributed by atoms with Crippen molar-refractivity contribution in [2.24, 2.45) is 0 Å². The Kier molecular flexibility index (Phi) is 5.82. The summed E-state index contributed by atoms with van der Waals surface area (Å²) in [4.78, 5) is 11.1. The van der Waals surface area contributed by atoms with Crippen LogP contribution < -0.4 is 10.4 Å². The van der Waals surface area contributed by atoms with Crippen molar-refractivity contribution in [1.82, 2.24) is 0 Å². The molecular formula is C24H26O3Si. The summed E-state index contributed by atoms with van der Waals surface area (Å²) in [6.07, 6.45) is 0. The van der Waals surface area contributed by atoms with Crippen molar-refractivity contribution in [3.63, 3.8) is 0 Å². The largest absolute Gasteiger partial charge is 0.478 e. The van der Waals surface area contributed by atoms with Crippen LogP contribution in [0.1, 0.15) is 36.7 Å². The van der Waals surface area contributed by atoms with Gasteiger partial charge in [-0.15, -0.1) is 0 Å². The number of carboxylic acids is 1. The molecule has 3 rings (SSSR count). The fraction of sp³-hybridized carbons (Fsp3) is 0.208. The zero-order valence-electron chi connectivity index (χ0n) is 16.6. The molecule has 0 heterocycles. The number of hydrogen-bond acceptors (Lipinski definition) is 2. The highest BCUT2D eigenvalue weighted by molar-refractivity contribution is 6.99. The van der Waals surface area contributed by atoms with E-state index in [0.717, 1.165) is 5.56 Å². The standard InChI is InChI=1S/C24H26O3Si/c1-24(2,3)28(21-10-6-4-7-11-21,22-12-8-5-9-13-22)27-18-19-14-16-20(17-15-19)23(25)26/h4-17H,18H2,1-3H3,(H,25,26). The molecule has 0 radical (unpaired) electrons. The maximum absolute atomic E-state index is 11.1. The monoisotopic (exact) mass is 390 g/mol. The predicted octanol–water partition coefficient (Wildman–Crippen LogP) is 4.46. The van der Waals surface area contributed by atoms with Crippen LogP contribution in [0.25, 0.3) is 0 Å². The van der Waals surface area contributed by atoms with E-state index in [4.69, 9.17) is 9.53 Å². The Hall–Kier alpha value is -2.69. The molecule has 144 valence electrons. The molecule has 0 aliphatic carbocycles. The number of aromatic carboxylic acids is 1. The van der Waals surface area contributed by atoms with E-state index in [-0.39, 0.29) is 10.6 Å². The van der Waals surface area contributed by atoms with Gasteiger partial charge in [0.05, 0.1) is 12.2 Å². The van der Waals surface area contributed by atoms with Gasteiger partial charge in [-0.25, -0.2) is 4.79 Å². The number of benzene rings is 3. The van der Waals surface area contributed by atoms with Crippen LogP contribution in [0, 0.1) is 0 Å². The molecular weight excluding hydrogens is 364 g/mol. The van der Waals surface area contributed by atoms with Gasteiger partial charge >= 0.3 is 5.97 Å². The lowest BCUT2D eigenvalue weighted by molar-refractivity contribution is 0.0697. The van der Waals surface area contributed by atoms with Crippen LogP contribution in [0.2, 0.25) is 5.04 Å². The maximum Gasteiger partial charge on any atom is 0.335 e. The topological polar surface area (TPSA) is 46.5 Å². The summed E-state index contributed by atoms with van der Waals surface area (Å²) in [5.74, 6) is -0.917. The quantitative estimate of drug-likeness (QED) is 0.632. The van der Waals surface area contributed by atoms with Gasteiger partial charge in [0.2, 0.25) is 0 Å². The maximum atomic E-state index is 11.1. The lowest BCUT2D eigenvalue weighted by Gasteiger charge is -2.43. The second-order valence-corrected chi connectivity index (χ2v) is 12.3. The fourth-order valence-corrected chi connectivity index (χ4v) is 8.24. The Morgan fingerprint density at radius 1 is 0.821 bits per heavy atom. The molecule has 0 spiro atoms. The third kappa shape index (κ3) is 3.93. The van der Waals surface area contributed by atoms with Crippen LogP contribution in [0.3, 0.4) is 0 Å². The first-order valence-corrected chi connectivity index (χ1v) is 11.3. The van der Waals surface area contributed by atoms with Crippen molar-refractivity contribution in [1.29, 1.82) is 0 Å². The van der Waals surface area contributed by atoms with Gasteiger partial charge in [-0.05, 0) is 33.1 Å². The van der Waals surface area contributed by atoms with Crippen molar-refractivity contribution in [2.75, 3.05) is 0 Å². The highest BCUT2D eigenvalue weighted by Gasteiger charge is 2.50. The van der Waals surface area contributed by atoms with Crippen molar-refractivity contribution in [3.05, 3.63) is 96.1 Å². The summed E-state index contributed by atoms with van der Waals surface area (Å²) in [5, 5.41) is 11.5. The number of carbonyl (C=O) groups is 1. The Balaban J connectivity index is 2.04. The molecule has 0 fully saturated rings. The summed E-state index contributed by atoms with van der Waals surface area (Å²) in [6.45, 7) is 7.17. The zero-order valence-corrected chi connectivity index (χ0v) is 17.6. The Morgan fingerprint density at radius 2 is 1.29 bits per heavy atom. The molecule has 0 amide bonds. The Morgan fingerprint density at radius 3 is 1.68 bits per heavy atom. The minimum atomic E-state index is -2.58. The van der Waals surface area contributed by atoms with Gasteiger partial charge in [-0.2, -0.15) is 0 Å². The molecule has 0 saturated carbocycles. The van der Waals surface area contributed by atoms with E-state index < -0.39 is 14.3 Å². The third-order valence-corrected chi connectivity index (χ3v) is 10.1. The summed E-state index contributed by atoms with van der Waals surface area (Å²) >= 11 is 0. The molecule has 0 unspecified atom stereocenters. The molecule has 0 aliphatic rings. The number of rotatable bonds is 6. The fourth-order valence-electron chi connectivity index (χ4n) is 3.70. The smallest absolute Gasteiger partial charge is 0.335 e. The van der Waals surface area contributed by atoms with E-state index in [0.29, 0.717) is 6.61 Å². The van der Waals surface area contributed by atoms with Crippen molar-refractivity contribution in [3.8, 4) is 0 Å². The average Bonchev–Trinajstić information content (AvgIpc) is 2.69. The van der Waals surface area contributed by atoms with Crippen LogP contribution in [0.4, 0.5) is 0 Å². The normalized spacial score (nSPS) is 12.0. The minimum absolute atomic E-state index is 0.0866. The molecule has 28 heavy (non-hydrogen) atoms. The number of carboxylic acid groups (broad SMARTS) is 1. The molecule has 3 nitrogen and oxygen atoms in total. The van der Waals surface area contributed by atoms with Gasteiger partial charge in [0.15, 0.2) is 0 Å². The summed E-state index contributed by atoms with van der Waals surface area (Å²) in [7, 11) is -2.58. The van der Waals surface area contributed by atoms with Crippen molar-refractivity contribution < 1.29 is 14.3 Å². The van der Waals surface area contributed by atoms with Gasteiger partial charge in [0.1, 0.15) is 0 Å². The molecule has 0 aliphatic heterocycles. The van der Waals surface area contributed by atoms with E-state index in [1.54, 1.807) is 12.1 Å². The van der Waals surface area contributed by atoms with Crippen LogP contribution in [-0.2, 0) is 11.0 Å². The van der Waals surface area contributed by atoms with Gasteiger partial charge in [-0.1, -0.05) is 93.6 Å². The van der Waals surface area contributed by atoms with Gasteiger partial charge in [0.25, 0.3) is 8.32 Å². The molecule has 3 aromatic rings. The van der Waals surface area contributed by atoms with Crippen LogP contribution in [0.15, 0.2) is 84.9 Å². The molecule has 0 aromatic heterocycles. The highest BCUT2D eigenvalue weighted by Crippen LogP contribution is 2.37. The highest BCUT2D eigenvalue weighted by atomic mass is 28.4. The molecule has 0 saturated heterocycles. The lowest BCUT2D eigenvalue weighted by Crippen LogP contribution is -2.66. The van der Waals surface area contributed by atoms with Crippen molar-refractivity contribution in [2.45, 2.75) is 32.4 Å². The zero-order chi connectivity index (χ0) is 20.2. The first-order chi connectivity index (χ1) is 13.3. The Bertz CT molecular complexity index is 874. The van der Waals surface area contributed by atoms with E-state index in [1.165, 1.54) is 10.4 Å². The van der Waals surface area contributed by atoms with Crippen LogP contribution in [-0.4, -0.2) is 19.4 Å². The van der Waals surface area contributed by atoms with Gasteiger partial charge in [0, 0.05) is 0 Å². The summed E-state index contributed by atoms with van der Waals surface area (Å²) < 4.78 is 6.84. The molecule has 4 heteroatoms.